The first-order valence-electron chi connectivity index (χ1n) is 7.39. The number of rotatable bonds is 4. The summed E-state index contributed by atoms with van der Waals surface area (Å²) in [7, 11) is 0. The monoisotopic (exact) mass is 346 g/mol. The third-order valence-corrected chi connectivity index (χ3v) is 4.68. The minimum Gasteiger partial charge on any atom is -0.306 e. The Balaban J connectivity index is 1.99. The number of benzene rings is 1. The fraction of sp³-hybridized carbons (Fsp3) is 0.353. The van der Waals surface area contributed by atoms with E-state index in [1.165, 1.54) is 18.4 Å². The van der Waals surface area contributed by atoms with Gasteiger partial charge in [-0.05, 0) is 59.6 Å². The van der Waals surface area contributed by atoms with Gasteiger partial charge in [0.2, 0.25) is 0 Å². The molecule has 0 amide bonds. The van der Waals surface area contributed by atoms with Gasteiger partial charge in [-0.25, -0.2) is 0 Å². The standard InChI is InChI=1S/C17H19BrN2O/c18-15-9-6-12-20(17(15)21)16(13-19-10-4-5-11-19)14-7-2-1-3-8-14/h1-3,6-9,12,16H,4-5,10-11,13H2/t16-/m1/s1. The third kappa shape index (κ3) is 3.27. The van der Waals surface area contributed by atoms with Crippen molar-refractivity contribution in [1.82, 2.24) is 9.47 Å². The normalized spacial score (nSPS) is 17.0. The van der Waals surface area contributed by atoms with Crippen LogP contribution in [0.4, 0.5) is 0 Å². The van der Waals surface area contributed by atoms with Gasteiger partial charge in [-0.1, -0.05) is 30.3 Å². The van der Waals surface area contributed by atoms with E-state index in [-0.39, 0.29) is 11.6 Å². The van der Waals surface area contributed by atoms with Crippen LogP contribution in [-0.4, -0.2) is 29.1 Å². The molecule has 1 aromatic carbocycles. The highest BCUT2D eigenvalue weighted by atomic mass is 79.9. The molecular formula is C17H19BrN2O. The molecule has 1 fully saturated rings. The van der Waals surface area contributed by atoms with Gasteiger partial charge < -0.3 is 9.47 Å². The topological polar surface area (TPSA) is 25.2 Å². The summed E-state index contributed by atoms with van der Waals surface area (Å²) in [4.78, 5) is 14.9. The summed E-state index contributed by atoms with van der Waals surface area (Å²) in [6, 6.07) is 14.1. The summed E-state index contributed by atoms with van der Waals surface area (Å²) in [5.41, 5.74) is 1.22. The van der Waals surface area contributed by atoms with Crippen LogP contribution in [0.5, 0.6) is 0 Å². The molecule has 0 aliphatic carbocycles. The van der Waals surface area contributed by atoms with Crippen LogP contribution in [0.3, 0.4) is 0 Å². The molecule has 110 valence electrons. The van der Waals surface area contributed by atoms with Gasteiger partial charge in [0.15, 0.2) is 0 Å². The zero-order valence-corrected chi connectivity index (χ0v) is 13.5. The molecule has 0 radical (unpaired) electrons. The average Bonchev–Trinajstić information content (AvgIpc) is 3.02. The molecule has 3 rings (SSSR count). The molecule has 1 aliphatic heterocycles. The van der Waals surface area contributed by atoms with Crippen molar-refractivity contribution in [3.05, 3.63) is 69.1 Å². The fourth-order valence-electron chi connectivity index (χ4n) is 2.97. The molecule has 3 nitrogen and oxygen atoms in total. The number of hydrogen-bond donors (Lipinski definition) is 0. The van der Waals surface area contributed by atoms with Crippen LogP contribution in [0, 0.1) is 0 Å². The molecule has 0 bridgehead atoms. The van der Waals surface area contributed by atoms with E-state index in [9.17, 15) is 4.79 Å². The van der Waals surface area contributed by atoms with E-state index in [0.29, 0.717) is 4.47 Å². The number of aromatic nitrogens is 1. The lowest BCUT2D eigenvalue weighted by Crippen LogP contribution is -2.34. The van der Waals surface area contributed by atoms with E-state index < -0.39 is 0 Å². The number of likely N-dealkylation sites (tertiary alicyclic amines) is 1. The highest BCUT2D eigenvalue weighted by Gasteiger charge is 2.21. The molecule has 1 atom stereocenters. The summed E-state index contributed by atoms with van der Waals surface area (Å²) < 4.78 is 2.46. The summed E-state index contributed by atoms with van der Waals surface area (Å²) in [5.74, 6) is 0. The SMILES string of the molecule is O=c1c(Br)cccn1[C@H](CN1CCCC1)c1ccccc1. The Hall–Kier alpha value is -1.39. The number of pyridine rings is 1. The van der Waals surface area contributed by atoms with E-state index in [2.05, 4.69) is 33.0 Å². The first-order chi connectivity index (χ1) is 10.3. The Morgan fingerprint density at radius 1 is 1.05 bits per heavy atom. The van der Waals surface area contributed by atoms with Gasteiger partial charge in [-0.3, -0.25) is 4.79 Å². The maximum absolute atomic E-state index is 12.5. The molecule has 1 aromatic heterocycles. The molecule has 0 N–H and O–H groups in total. The second kappa shape index (κ2) is 6.58. The maximum atomic E-state index is 12.5. The minimum absolute atomic E-state index is 0.0329. The van der Waals surface area contributed by atoms with Crippen LogP contribution in [0.1, 0.15) is 24.4 Å². The van der Waals surface area contributed by atoms with Crippen LogP contribution in [0.2, 0.25) is 0 Å². The summed E-state index contributed by atoms with van der Waals surface area (Å²) in [5, 5.41) is 0. The molecule has 21 heavy (non-hydrogen) atoms. The Morgan fingerprint density at radius 2 is 1.76 bits per heavy atom. The lowest BCUT2D eigenvalue weighted by Gasteiger charge is -2.26. The Labute approximate surface area is 133 Å². The molecular weight excluding hydrogens is 328 g/mol. The first kappa shape index (κ1) is 14.5. The fourth-order valence-corrected chi connectivity index (χ4v) is 3.32. The van der Waals surface area contributed by atoms with E-state index in [1.54, 1.807) is 6.07 Å². The molecule has 0 saturated carbocycles. The average molecular weight is 347 g/mol. The van der Waals surface area contributed by atoms with Crippen molar-refractivity contribution in [2.75, 3.05) is 19.6 Å². The van der Waals surface area contributed by atoms with Crippen molar-refractivity contribution in [3.8, 4) is 0 Å². The lowest BCUT2D eigenvalue weighted by molar-refractivity contribution is 0.295. The van der Waals surface area contributed by atoms with Crippen LogP contribution >= 0.6 is 15.9 Å². The molecule has 2 aromatic rings. The minimum atomic E-state index is 0.0329. The summed E-state index contributed by atoms with van der Waals surface area (Å²) >= 11 is 3.35. The molecule has 1 aliphatic rings. The van der Waals surface area contributed by atoms with E-state index >= 15 is 0 Å². The van der Waals surface area contributed by atoms with Crippen LogP contribution in [0.15, 0.2) is 57.9 Å². The number of nitrogens with zero attached hydrogens (tertiary/aromatic N) is 2. The molecule has 4 heteroatoms. The van der Waals surface area contributed by atoms with Gasteiger partial charge in [0, 0.05) is 12.7 Å². The predicted octanol–water partition coefficient (Wildman–Crippen LogP) is 3.30. The summed E-state index contributed by atoms with van der Waals surface area (Å²) in [6.07, 6.45) is 4.41. The van der Waals surface area contributed by atoms with Crippen molar-refractivity contribution in [2.45, 2.75) is 18.9 Å². The van der Waals surface area contributed by atoms with Crippen LogP contribution in [0.25, 0.3) is 0 Å². The van der Waals surface area contributed by atoms with Crippen molar-refractivity contribution >= 4 is 15.9 Å². The Kier molecular flexibility index (Phi) is 4.56. The van der Waals surface area contributed by atoms with E-state index in [1.807, 2.05) is 35.0 Å². The smallest absolute Gasteiger partial charge is 0.265 e. The second-order valence-corrected chi connectivity index (χ2v) is 6.36. The predicted molar refractivity (Wildman–Crippen MR) is 88.7 cm³/mol. The highest BCUT2D eigenvalue weighted by Crippen LogP contribution is 2.21. The van der Waals surface area contributed by atoms with Gasteiger partial charge in [-0.15, -0.1) is 0 Å². The Morgan fingerprint density at radius 3 is 2.48 bits per heavy atom. The first-order valence-corrected chi connectivity index (χ1v) is 8.19. The zero-order valence-electron chi connectivity index (χ0n) is 11.9. The van der Waals surface area contributed by atoms with E-state index in [4.69, 9.17) is 0 Å². The zero-order chi connectivity index (χ0) is 14.7. The molecule has 0 unspecified atom stereocenters. The largest absolute Gasteiger partial charge is 0.306 e. The van der Waals surface area contributed by atoms with Crippen LogP contribution in [-0.2, 0) is 0 Å². The third-order valence-electron chi connectivity index (χ3n) is 4.08. The van der Waals surface area contributed by atoms with Gasteiger partial charge in [-0.2, -0.15) is 0 Å². The summed E-state index contributed by atoms with van der Waals surface area (Å²) in [6.45, 7) is 3.15. The lowest BCUT2D eigenvalue weighted by atomic mass is 10.1. The van der Waals surface area contributed by atoms with Gasteiger partial charge in [0.05, 0.1) is 10.5 Å². The Bertz CT molecular complexity index is 647. The van der Waals surface area contributed by atoms with Gasteiger partial charge in [0.25, 0.3) is 5.56 Å². The highest BCUT2D eigenvalue weighted by molar-refractivity contribution is 9.10. The van der Waals surface area contributed by atoms with E-state index in [0.717, 1.165) is 19.6 Å². The number of hydrogen-bond acceptors (Lipinski definition) is 2. The molecule has 1 saturated heterocycles. The maximum Gasteiger partial charge on any atom is 0.265 e. The number of halogens is 1. The van der Waals surface area contributed by atoms with Crippen molar-refractivity contribution in [2.24, 2.45) is 0 Å². The van der Waals surface area contributed by atoms with Gasteiger partial charge in [0.1, 0.15) is 0 Å². The van der Waals surface area contributed by atoms with Crippen molar-refractivity contribution < 1.29 is 0 Å². The van der Waals surface area contributed by atoms with Crippen molar-refractivity contribution in [1.29, 1.82) is 0 Å². The second-order valence-electron chi connectivity index (χ2n) is 5.50. The van der Waals surface area contributed by atoms with Gasteiger partial charge >= 0.3 is 0 Å². The quantitative estimate of drug-likeness (QED) is 0.848. The van der Waals surface area contributed by atoms with Crippen molar-refractivity contribution in [3.63, 3.8) is 0 Å². The molecule has 0 spiro atoms. The van der Waals surface area contributed by atoms with Crippen LogP contribution < -0.4 is 5.56 Å². The molecule has 2 heterocycles.